The van der Waals surface area contributed by atoms with Crippen LogP contribution < -0.4 is 15.8 Å². The third-order valence-electron chi connectivity index (χ3n) is 2.84. The molecule has 1 amide bonds. The summed E-state index contributed by atoms with van der Waals surface area (Å²) in [6.07, 6.45) is 0.569. The Balaban J connectivity index is 1.90. The minimum Gasteiger partial charge on any atom is -0.488 e. The number of ether oxygens (including phenoxy) is 1. The summed E-state index contributed by atoms with van der Waals surface area (Å²) in [6.45, 7) is 2.21. The molecule has 92 valence electrons. The summed E-state index contributed by atoms with van der Waals surface area (Å²) in [7, 11) is 0. The van der Waals surface area contributed by atoms with Crippen molar-refractivity contribution >= 4 is 5.91 Å². The molecule has 1 heterocycles. The van der Waals surface area contributed by atoms with Crippen LogP contribution in [-0.2, 0) is 11.2 Å². The maximum absolute atomic E-state index is 13.0. The van der Waals surface area contributed by atoms with Gasteiger partial charge in [0.2, 0.25) is 5.91 Å². The van der Waals surface area contributed by atoms with Crippen LogP contribution in [-0.4, -0.2) is 24.6 Å². The first-order chi connectivity index (χ1) is 8.06. The monoisotopic (exact) mass is 238 g/mol. The molecular formula is C12H15FN2O2. The first-order valence-electron chi connectivity index (χ1n) is 5.54. The van der Waals surface area contributed by atoms with Gasteiger partial charge < -0.3 is 15.8 Å². The lowest BCUT2D eigenvalue weighted by Gasteiger charge is -2.14. The Hall–Kier alpha value is -1.62. The lowest BCUT2D eigenvalue weighted by molar-refractivity contribution is -0.119. The van der Waals surface area contributed by atoms with E-state index < -0.39 is 5.91 Å². The zero-order chi connectivity index (χ0) is 12.4. The molecule has 0 spiro atoms. The number of amides is 1. The Morgan fingerprint density at radius 1 is 1.71 bits per heavy atom. The summed E-state index contributed by atoms with van der Waals surface area (Å²) in [4.78, 5) is 10.8. The normalized spacial score (nSPS) is 19.5. The van der Waals surface area contributed by atoms with E-state index in [0.717, 1.165) is 5.56 Å². The summed E-state index contributed by atoms with van der Waals surface area (Å²) in [5.41, 5.74) is 6.00. The molecule has 0 radical (unpaired) electrons. The Bertz CT molecular complexity index is 437. The van der Waals surface area contributed by atoms with E-state index >= 15 is 0 Å². The highest BCUT2D eigenvalue weighted by Gasteiger charge is 2.23. The van der Waals surface area contributed by atoms with Crippen molar-refractivity contribution < 1.29 is 13.9 Å². The molecule has 0 saturated carbocycles. The van der Waals surface area contributed by atoms with Crippen LogP contribution in [0.5, 0.6) is 5.75 Å². The van der Waals surface area contributed by atoms with E-state index in [1.807, 2.05) is 0 Å². The molecule has 1 aromatic rings. The fourth-order valence-electron chi connectivity index (χ4n) is 1.81. The SMILES string of the molecule is CC(NCC1Cc2cc(F)ccc2O1)C(N)=O. The Kier molecular flexibility index (Phi) is 3.28. The van der Waals surface area contributed by atoms with Gasteiger partial charge in [0.15, 0.2) is 0 Å². The van der Waals surface area contributed by atoms with E-state index in [-0.39, 0.29) is 18.0 Å². The van der Waals surface area contributed by atoms with Crippen molar-refractivity contribution in [3.63, 3.8) is 0 Å². The second-order valence-electron chi connectivity index (χ2n) is 4.23. The first-order valence-corrected chi connectivity index (χ1v) is 5.54. The van der Waals surface area contributed by atoms with Crippen molar-refractivity contribution in [1.29, 1.82) is 0 Å². The molecule has 0 saturated heterocycles. The van der Waals surface area contributed by atoms with Gasteiger partial charge in [0.25, 0.3) is 0 Å². The number of rotatable bonds is 4. The van der Waals surface area contributed by atoms with Crippen LogP contribution >= 0.6 is 0 Å². The number of carbonyl (C=O) groups excluding carboxylic acids is 1. The largest absolute Gasteiger partial charge is 0.488 e. The number of carbonyl (C=O) groups is 1. The van der Waals surface area contributed by atoms with Crippen LogP contribution in [0.25, 0.3) is 0 Å². The molecular weight excluding hydrogens is 223 g/mol. The zero-order valence-corrected chi connectivity index (χ0v) is 9.57. The maximum atomic E-state index is 13.0. The van der Waals surface area contributed by atoms with Gasteiger partial charge in [-0.2, -0.15) is 0 Å². The molecule has 0 fully saturated rings. The predicted molar refractivity (Wildman–Crippen MR) is 61.2 cm³/mol. The van der Waals surface area contributed by atoms with E-state index in [9.17, 15) is 9.18 Å². The Morgan fingerprint density at radius 3 is 3.18 bits per heavy atom. The van der Waals surface area contributed by atoms with Crippen molar-refractivity contribution in [3.05, 3.63) is 29.6 Å². The van der Waals surface area contributed by atoms with E-state index in [4.69, 9.17) is 10.5 Å². The molecule has 2 atom stereocenters. The second-order valence-corrected chi connectivity index (χ2v) is 4.23. The molecule has 3 N–H and O–H groups in total. The van der Waals surface area contributed by atoms with Gasteiger partial charge in [-0.25, -0.2) is 4.39 Å². The molecule has 2 rings (SSSR count). The van der Waals surface area contributed by atoms with Gasteiger partial charge in [-0.05, 0) is 25.1 Å². The smallest absolute Gasteiger partial charge is 0.234 e. The number of nitrogens with two attached hydrogens (primary N) is 1. The predicted octanol–water partition coefficient (Wildman–Crippen LogP) is 0.593. The first kappa shape index (κ1) is 11.9. The summed E-state index contributed by atoms with van der Waals surface area (Å²) in [5.74, 6) is 0.0583. The van der Waals surface area contributed by atoms with Crippen LogP contribution in [0, 0.1) is 5.82 Å². The zero-order valence-electron chi connectivity index (χ0n) is 9.57. The van der Waals surface area contributed by atoms with Gasteiger partial charge in [0, 0.05) is 18.5 Å². The minimum absolute atomic E-state index is 0.0754. The molecule has 5 heteroatoms. The highest BCUT2D eigenvalue weighted by Crippen LogP contribution is 2.28. The van der Waals surface area contributed by atoms with Gasteiger partial charge >= 0.3 is 0 Å². The Labute approximate surface area is 98.9 Å². The second kappa shape index (κ2) is 4.71. The topological polar surface area (TPSA) is 64.3 Å². The van der Waals surface area contributed by atoms with Crippen molar-refractivity contribution in [2.75, 3.05) is 6.54 Å². The Morgan fingerprint density at radius 2 is 2.47 bits per heavy atom. The van der Waals surface area contributed by atoms with Crippen LogP contribution in [0.3, 0.4) is 0 Å². The van der Waals surface area contributed by atoms with Gasteiger partial charge in [-0.3, -0.25) is 4.79 Å². The van der Waals surface area contributed by atoms with E-state index in [2.05, 4.69) is 5.32 Å². The molecule has 2 unspecified atom stereocenters. The molecule has 1 aliphatic heterocycles. The third kappa shape index (κ3) is 2.74. The summed E-state index contributed by atoms with van der Waals surface area (Å²) >= 11 is 0. The maximum Gasteiger partial charge on any atom is 0.234 e. The van der Waals surface area contributed by atoms with E-state index in [1.54, 1.807) is 13.0 Å². The molecule has 4 nitrogen and oxygen atoms in total. The number of halogens is 1. The average molecular weight is 238 g/mol. The fourth-order valence-corrected chi connectivity index (χ4v) is 1.81. The number of fused-ring (bicyclic) bond motifs is 1. The molecule has 0 bridgehead atoms. The highest BCUT2D eigenvalue weighted by atomic mass is 19.1. The van der Waals surface area contributed by atoms with Crippen LogP contribution in [0.1, 0.15) is 12.5 Å². The number of primary amides is 1. The highest BCUT2D eigenvalue weighted by molar-refractivity contribution is 5.79. The van der Waals surface area contributed by atoms with E-state index in [0.29, 0.717) is 18.7 Å². The lowest BCUT2D eigenvalue weighted by atomic mass is 10.1. The molecule has 0 aliphatic carbocycles. The number of hydrogen-bond donors (Lipinski definition) is 2. The summed E-state index contributed by atoms with van der Waals surface area (Å²) in [5, 5.41) is 2.98. The van der Waals surface area contributed by atoms with Crippen LogP contribution in [0.15, 0.2) is 18.2 Å². The van der Waals surface area contributed by atoms with Gasteiger partial charge in [0.05, 0.1) is 6.04 Å². The van der Waals surface area contributed by atoms with Crippen molar-refractivity contribution in [2.24, 2.45) is 5.73 Å². The van der Waals surface area contributed by atoms with Gasteiger partial charge in [0.1, 0.15) is 17.7 Å². The number of benzene rings is 1. The van der Waals surface area contributed by atoms with E-state index in [1.165, 1.54) is 12.1 Å². The van der Waals surface area contributed by atoms with Crippen molar-refractivity contribution in [2.45, 2.75) is 25.5 Å². The van der Waals surface area contributed by atoms with Crippen LogP contribution in [0.4, 0.5) is 4.39 Å². The van der Waals surface area contributed by atoms with Gasteiger partial charge in [-0.15, -0.1) is 0 Å². The fraction of sp³-hybridized carbons (Fsp3) is 0.417. The van der Waals surface area contributed by atoms with Crippen LogP contribution in [0.2, 0.25) is 0 Å². The molecule has 1 aromatic carbocycles. The molecule has 0 aromatic heterocycles. The minimum atomic E-state index is -0.397. The lowest BCUT2D eigenvalue weighted by Crippen LogP contribution is -2.43. The third-order valence-corrected chi connectivity index (χ3v) is 2.84. The molecule has 17 heavy (non-hydrogen) atoms. The standard InChI is InChI=1S/C12H15FN2O2/c1-7(12(14)16)15-6-10-5-8-4-9(13)2-3-11(8)17-10/h2-4,7,10,15H,5-6H2,1H3,(H2,14,16). The average Bonchev–Trinajstić information content (AvgIpc) is 2.67. The summed E-state index contributed by atoms with van der Waals surface area (Å²) < 4.78 is 18.6. The van der Waals surface area contributed by atoms with Crippen molar-refractivity contribution in [1.82, 2.24) is 5.32 Å². The van der Waals surface area contributed by atoms with Gasteiger partial charge in [-0.1, -0.05) is 0 Å². The molecule has 1 aliphatic rings. The van der Waals surface area contributed by atoms with Crippen molar-refractivity contribution in [3.8, 4) is 5.75 Å². The quantitative estimate of drug-likeness (QED) is 0.807. The summed E-state index contributed by atoms with van der Waals surface area (Å²) in [6, 6.07) is 4.09. The number of nitrogens with one attached hydrogen (secondary N) is 1. The number of hydrogen-bond acceptors (Lipinski definition) is 3.